The first-order valence-electron chi connectivity index (χ1n) is 5.89. The summed E-state index contributed by atoms with van der Waals surface area (Å²) in [5, 5.41) is 10.2. The van der Waals surface area contributed by atoms with Crippen LogP contribution in [0.1, 0.15) is 32.3 Å². The summed E-state index contributed by atoms with van der Waals surface area (Å²) in [5.41, 5.74) is 5.84. The van der Waals surface area contributed by atoms with Crippen molar-refractivity contribution in [1.82, 2.24) is 0 Å². The lowest BCUT2D eigenvalue weighted by Gasteiger charge is -2.26. The molecule has 1 aromatic carbocycles. The van der Waals surface area contributed by atoms with Gasteiger partial charge in [0.25, 0.3) is 0 Å². The minimum absolute atomic E-state index is 0.287. The number of halogens is 1. The van der Waals surface area contributed by atoms with Gasteiger partial charge in [-0.15, -0.1) is 0 Å². The number of ether oxygens (including phenoxy) is 1. The summed E-state index contributed by atoms with van der Waals surface area (Å²) in [6, 6.07) is 5.76. The fourth-order valence-corrected chi connectivity index (χ4v) is 2.06. The van der Waals surface area contributed by atoms with Crippen molar-refractivity contribution >= 4 is 15.9 Å². The van der Waals surface area contributed by atoms with Crippen LogP contribution < -0.4 is 10.5 Å². The highest BCUT2D eigenvalue weighted by molar-refractivity contribution is 9.10. The molecule has 0 amide bonds. The molecule has 0 atom stereocenters. The number of aliphatic hydroxyl groups is 1. The van der Waals surface area contributed by atoms with Crippen molar-refractivity contribution in [2.75, 3.05) is 6.61 Å². The Morgan fingerprint density at radius 2 is 2.00 bits per heavy atom. The Labute approximate surface area is 111 Å². The van der Waals surface area contributed by atoms with E-state index in [1.807, 2.05) is 32.0 Å². The quantitative estimate of drug-likeness (QED) is 0.849. The molecule has 0 saturated carbocycles. The Morgan fingerprint density at radius 3 is 2.53 bits per heavy atom. The second-order valence-corrected chi connectivity index (χ2v) is 5.01. The summed E-state index contributed by atoms with van der Waals surface area (Å²) in [7, 11) is 0. The molecule has 1 rings (SSSR count). The van der Waals surface area contributed by atoms with E-state index in [9.17, 15) is 5.11 Å². The molecule has 0 radical (unpaired) electrons. The molecule has 0 bridgehead atoms. The third-order valence-corrected chi connectivity index (χ3v) is 3.69. The highest BCUT2D eigenvalue weighted by atomic mass is 79.9. The van der Waals surface area contributed by atoms with Crippen LogP contribution in [0, 0.1) is 0 Å². The zero-order valence-electron chi connectivity index (χ0n) is 10.4. The van der Waals surface area contributed by atoms with Gasteiger partial charge in [0.15, 0.2) is 0 Å². The molecule has 0 heterocycles. The summed E-state index contributed by atoms with van der Waals surface area (Å²) in [5.74, 6) is 0.732. The Balaban J connectivity index is 2.81. The number of nitrogens with two attached hydrogens (primary N) is 1. The van der Waals surface area contributed by atoms with Gasteiger partial charge in [0.05, 0.1) is 10.1 Å². The molecule has 3 nitrogen and oxygen atoms in total. The molecule has 0 aromatic heterocycles. The van der Waals surface area contributed by atoms with E-state index in [0.29, 0.717) is 19.4 Å². The summed E-state index contributed by atoms with van der Waals surface area (Å²) < 4.78 is 6.60. The number of benzene rings is 1. The van der Waals surface area contributed by atoms with E-state index in [0.717, 1.165) is 15.8 Å². The SMILES string of the molecule is CCC(O)(CC)COc1c(Br)cccc1CN. The Morgan fingerprint density at radius 1 is 1.35 bits per heavy atom. The Hall–Kier alpha value is -0.580. The molecule has 1 aromatic rings. The lowest BCUT2D eigenvalue weighted by atomic mass is 9.99. The van der Waals surface area contributed by atoms with Gasteiger partial charge in [-0.25, -0.2) is 0 Å². The van der Waals surface area contributed by atoms with Crippen LogP contribution in [0.4, 0.5) is 0 Å². The molecule has 3 N–H and O–H groups in total. The van der Waals surface area contributed by atoms with E-state index in [4.69, 9.17) is 10.5 Å². The van der Waals surface area contributed by atoms with Crippen molar-refractivity contribution in [3.05, 3.63) is 28.2 Å². The fraction of sp³-hybridized carbons (Fsp3) is 0.538. The highest BCUT2D eigenvalue weighted by Crippen LogP contribution is 2.30. The molecular weight excluding hydrogens is 282 g/mol. The third kappa shape index (κ3) is 3.69. The first-order valence-corrected chi connectivity index (χ1v) is 6.68. The highest BCUT2D eigenvalue weighted by Gasteiger charge is 2.24. The molecule has 0 saturated heterocycles. The van der Waals surface area contributed by atoms with E-state index >= 15 is 0 Å². The largest absolute Gasteiger partial charge is 0.489 e. The van der Waals surface area contributed by atoms with Crippen LogP contribution in [0.15, 0.2) is 22.7 Å². The second-order valence-electron chi connectivity index (χ2n) is 4.15. The smallest absolute Gasteiger partial charge is 0.138 e. The summed E-state index contributed by atoms with van der Waals surface area (Å²) in [6.07, 6.45) is 1.35. The van der Waals surface area contributed by atoms with E-state index in [2.05, 4.69) is 15.9 Å². The lowest BCUT2D eigenvalue weighted by Crippen LogP contribution is -2.34. The van der Waals surface area contributed by atoms with Crippen LogP contribution >= 0.6 is 15.9 Å². The monoisotopic (exact) mass is 301 g/mol. The maximum Gasteiger partial charge on any atom is 0.138 e. The third-order valence-electron chi connectivity index (χ3n) is 3.07. The first-order chi connectivity index (χ1) is 8.06. The standard InChI is InChI=1S/C13H20BrNO2/c1-3-13(16,4-2)9-17-12-10(8-15)6-5-7-11(12)14/h5-7,16H,3-4,8-9,15H2,1-2H3. The molecule has 4 heteroatoms. The van der Waals surface area contributed by atoms with Gasteiger partial charge in [-0.05, 0) is 34.8 Å². The average molecular weight is 302 g/mol. The van der Waals surface area contributed by atoms with Gasteiger partial charge in [0.2, 0.25) is 0 Å². The summed E-state index contributed by atoms with van der Waals surface area (Å²) in [6.45, 7) is 4.62. The fourth-order valence-electron chi connectivity index (χ4n) is 1.54. The van der Waals surface area contributed by atoms with Gasteiger partial charge in [0.1, 0.15) is 12.4 Å². The minimum atomic E-state index is -0.763. The molecule has 0 unspecified atom stereocenters. The maximum atomic E-state index is 10.2. The van der Waals surface area contributed by atoms with Crippen LogP contribution in [-0.2, 0) is 6.54 Å². The van der Waals surface area contributed by atoms with Crippen molar-refractivity contribution in [2.24, 2.45) is 5.73 Å². The average Bonchev–Trinajstić information content (AvgIpc) is 2.36. The van der Waals surface area contributed by atoms with Crippen LogP contribution in [-0.4, -0.2) is 17.3 Å². The van der Waals surface area contributed by atoms with Gasteiger partial charge < -0.3 is 15.6 Å². The number of para-hydroxylation sites is 1. The van der Waals surface area contributed by atoms with E-state index < -0.39 is 5.60 Å². The van der Waals surface area contributed by atoms with E-state index in [1.54, 1.807) is 0 Å². The molecular formula is C13H20BrNO2. The number of hydrogen-bond donors (Lipinski definition) is 2. The van der Waals surface area contributed by atoms with Crippen molar-refractivity contribution < 1.29 is 9.84 Å². The van der Waals surface area contributed by atoms with Gasteiger partial charge in [-0.3, -0.25) is 0 Å². The molecule has 0 aliphatic heterocycles. The predicted molar refractivity (Wildman–Crippen MR) is 73.1 cm³/mol. The van der Waals surface area contributed by atoms with Crippen LogP contribution in [0.5, 0.6) is 5.75 Å². The Kier molecular flexibility index (Phi) is 5.43. The first kappa shape index (κ1) is 14.5. The minimum Gasteiger partial charge on any atom is -0.489 e. The zero-order chi connectivity index (χ0) is 12.9. The lowest BCUT2D eigenvalue weighted by molar-refractivity contribution is -0.0118. The van der Waals surface area contributed by atoms with Crippen molar-refractivity contribution in [3.8, 4) is 5.75 Å². The van der Waals surface area contributed by atoms with E-state index in [-0.39, 0.29) is 6.61 Å². The molecule has 17 heavy (non-hydrogen) atoms. The molecule has 0 fully saturated rings. The van der Waals surface area contributed by atoms with Crippen molar-refractivity contribution in [1.29, 1.82) is 0 Å². The van der Waals surface area contributed by atoms with E-state index in [1.165, 1.54) is 0 Å². The van der Waals surface area contributed by atoms with Gasteiger partial charge in [-0.1, -0.05) is 26.0 Å². The molecule has 96 valence electrons. The predicted octanol–water partition coefficient (Wildman–Crippen LogP) is 2.84. The summed E-state index contributed by atoms with van der Waals surface area (Å²) >= 11 is 3.44. The molecule has 0 spiro atoms. The normalized spacial score (nSPS) is 11.6. The maximum absolute atomic E-state index is 10.2. The van der Waals surface area contributed by atoms with Gasteiger partial charge >= 0.3 is 0 Å². The molecule has 0 aliphatic carbocycles. The van der Waals surface area contributed by atoms with Crippen molar-refractivity contribution in [2.45, 2.75) is 38.8 Å². The number of hydrogen-bond acceptors (Lipinski definition) is 3. The Bertz CT molecular complexity index is 364. The number of rotatable bonds is 6. The van der Waals surface area contributed by atoms with Crippen molar-refractivity contribution in [3.63, 3.8) is 0 Å². The zero-order valence-corrected chi connectivity index (χ0v) is 12.0. The van der Waals surface area contributed by atoms with Gasteiger partial charge in [-0.2, -0.15) is 0 Å². The van der Waals surface area contributed by atoms with Crippen LogP contribution in [0.2, 0.25) is 0 Å². The molecule has 0 aliphatic rings. The van der Waals surface area contributed by atoms with Crippen LogP contribution in [0.25, 0.3) is 0 Å². The second kappa shape index (κ2) is 6.38. The summed E-state index contributed by atoms with van der Waals surface area (Å²) in [4.78, 5) is 0. The van der Waals surface area contributed by atoms with Gasteiger partial charge in [0, 0.05) is 12.1 Å². The van der Waals surface area contributed by atoms with Crippen LogP contribution in [0.3, 0.4) is 0 Å². The topological polar surface area (TPSA) is 55.5 Å².